The summed E-state index contributed by atoms with van der Waals surface area (Å²) in [4.78, 5) is 22.3. The Hall–Kier alpha value is -1.88. The highest BCUT2D eigenvalue weighted by molar-refractivity contribution is 7.08. The van der Waals surface area contributed by atoms with Crippen LogP contribution in [0.2, 0.25) is 0 Å². The van der Waals surface area contributed by atoms with Crippen LogP contribution >= 0.6 is 11.3 Å². The largest absolute Gasteiger partial charge is 0.465 e. The van der Waals surface area contributed by atoms with Crippen molar-refractivity contribution in [3.05, 3.63) is 45.9 Å². The summed E-state index contributed by atoms with van der Waals surface area (Å²) in [6, 6.07) is 3.53. The SMILES string of the molecule is COC(=O)c1cscc1Cn1cccc1C=O. The van der Waals surface area contributed by atoms with Gasteiger partial charge in [-0.25, -0.2) is 4.79 Å². The Bertz CT molecular complexity index is 541. The number of nitrogens with zero attached hydrogens (tertiary/aromatic N) is 1. The number of hydrogen-bond donors (Lipinski definition) is 0. The van der Waals surface area contributed by atoms with Crippen molar-refractivity contribution in [2.45, 2.75) is 6.54 Å². The molecule has 2 heterocycles. The lowest BCUT2D eigenvalue weighted by Gasteiger charge is -2.05. The molecule has 88 valence electrons. The van der Waals surface area contributed by atoms with Gasteiger partial charge in [-0.2, -0.15) is 11.3 Å². The number of aldehydes is 1. The van der Waals surface area contributed by atoms with Crippen molar-refractivity contribution < 1.29 is 14.3 Å². The molecular formula is C12H11NO3S. The summed E-state index contributed by atoms with van der Waals surface area (Å²) < 4.78 is 6.49. The molecule has 0 N–H and O–H groups in total. The Morgan fingerprint density at radius 2 is 2.35 bits per heavy atom. The molecule has 0 bridgehead atoms. The topological polar surface area (TPSA) is 48.3 Å². The minimum Gasteiger partial charge on any atom is -0.465 e. The fourth-order valence-corrected chi connectivity index (χ4v) is 2.41. The van der Waals surface area contributed by atoms with E-state index >= 15 is 0 Å². The van der Waals surface area contributed by atoms with Gasteiger partial charge in [-0.3, -0.25) is 4.79 Å². The van der Waals surface area contributed by atoms with E-state index in [-0.39, 0.29) is 5.97 Å². The maximum absolute atomic E-state index is 11.5. The molecule has 4 nitrogen and oxygen atoms in total. The van der Waals surface area contributed by atoms with Gasteiger partial charge in [0.25, 0.3) is 0 Å². The summed E-state index contributed by atoms with van der Waals surface area (Å²) in [7, 11) is 1.36. The third kappa shape index (κ3) is 2.29. The lowest BCUT2D eigenvalue weighted by atomic mass is 10.2. The number of methoxy groups -OCH3 is 1. The first-order valence-electron chi connectivity index (χ1n) is 5.00. The fourth-order valence-electron chi connectivity index (χ4n) is 1.60. The number of carbonyl (C=O) groups is 2. The molecule has 2 rings (SSSR count). The van der Waals surface area contributed by atoms with Gasteiger partial charge in [-0.05, 0) is 23.1 Å². The molecule has 0 unspecified atom stereocenters. The molecule has 0 saturated heterocycles. The number of hydrogen-bond acceptors (Lipinski definition) is 4. The van der Waals surface area contributed by atoms with Crippen molar-refractivity contribution in [2.75, 3.05) is 7.11 Å². The normalized spacial score (nSPS) is 10.2. The molecule has 0 aliphatic heterocycles. The van der Waals surface area contributed by atoms with E-state index in [1.165, 1.54) is 18.4 Å². The van der Waals surface area contributed by atoms with Crippen molar-refractivity contribution in [2.24, 2.45) is 0 Å². The van der Waals surface area contributed by atoms with Crippen LogP contribution in [0.3, 0.4) is 0 Å². The van der Waals surface area contributed by atoms with Crippen molar-refractivity contribution in [3.63, 3.8) is 0 Å². The van der Waals surface area contributed by atoms with Crippen LogP contribution in [-0.2, 0) is 11.3 Å². The number of ether oxygens (including phenoxy) is 1. The number of thiophene rings is 1. The van der Waals surface area contributed by atoms with Crippen LogP contribution in [0.25, 0.3) is 0 Å². The van der Waals surface area contributed by atoms with E-state index in [9.17, 15) is 9.59 Å². The Morgan fingerprint density at radius 3 is 3.06 bits per heavy atom. The van der Waals surface area contributed by atoms with Gasteiger partial charge in [0.05, 0.1) is 18.4 Å². The number of esters is 1. The molecule has 0 aromatic carbocycles. The Balaban J connectivity index is 2.28. The van der Waals surface area contributed by atoms with Crippen LogP contribution < -0.4 is 0 Å². The molecule has 17 heavy (non-hydrogen) atoms. The molecule has 0 atom stereocenters. The van der Waals surface area contributed by atoms with Crippen LogP contribution in [0.4, 0.5) is 0 Å². The molecule has 2 aromatic heterocycles. The third-order valence-electron chi connectivity index (χ3n) is 2.47. The van der Waals surface area contributed by atoms with Crippen LogP contribution in [0.1, 0.15) is 26.4 Å². The maximum Gasteiger partial charge on any atom is 0.339 e. The molecule has 0 saturated carbocycles. The number of aromatic nitrogens is 1. The summed E-state index contributed by atoms with van der Waals surface area (Å²) in [5.74, 6) is -0.346. The van der Waals surface area contributed by atoms with Gasteiger partial charge < -0.3 is 9.30 Å². The van der Waals surface area contributed by atoms with E-state index in [0.717, 1.165) is 11.8 Å². The summed E-state index contributed by atoms with van der Waals surface area (Å²) >= 11 is 1.44. The van der Waals surface area contributed by atoms with E-state index in [2.05, 4.69) is 0 Å². The van der Waals surface area contributed by atoms with Crippen LogP contribution in [0.15, 0.2) is 29.1 Å². The van der Waals surface area contributed by atoms with Crippen LogP contribution in [0.5, 0.6) is 0 Å². The molecular weight excluding hydrogens is 238 g/mol. The summed E-state index contributed by atoms with van der Waals surface area (Å²) in [5.41, 5.74) is 2.01. The molecule has 0 fully saturated rings. The molecule has 0 amide bonds. The van der Waals surface area contributed by atoms with Crippen LogP contribution in [-0.4, -0.2) is 23.9 Å². The van der Waals surface area contributed by atoms with Gasteiger partial charge in [0.1, 0.15) is 0 Å². The van der Waals surface area contributed by atoms with E-state index in [1.54, 1.807) is 22.1 Å². The minimum absolute atomic E-state index is 0.346. The van der Waals surface area contributed by atoms with Gasteiger partial charge in [0, 0.05) is 18.1 Å². The monoisotopic (exact) mass is 249 g/mol. The second-order valence-electron chi connectivity index (χ2n) is 3.48. The first kappa shape index (κ1) is 11.6. The maximum atomic E-state index is 11.5. The fraction of sp³-hybridized carbons (Fsp3) is 0.167. The predicted octanol–water partition coefficient (Wildman–Crippen LogP) is 2.20. The predicted molar refractivity (Wildman–Crippen MR) is 64.6 cm³/mol. The Labute approximate surface area is 102 Å². The van der Waals surface area contributed by atoms with Gasteiger partial charge in [0.15, 0.2) is 6.29 Å². The Kier molecular flexibility index (Phi) is 3.39. The highest BCUT2D eigenvalue weighted by atomic mass is 32.1. The lowest BCUT2D eigenvalue weighted by Crippen LogP contribution is -2.07. The highest BCUT2D eigenvalue weighted by Crippen LogP contribution is 2.18. The van der Waals surface area contributed by atoms with Gasteiger partial charge in [0.2, 0.25) is 0 Å². The molecule has 0 spiro atoms. The molecule has 0 radical (unpaired) electrons. The molecule has 0 aliphatic carbocycles. The van der Waals surface area contributed by atoms with E-state index in [4.69, 9.17) is 4.74 Å². The average molecular weight is 249 g/mol. The number of rotatable bonds is 4. The van der Waals surface area contributed by atoms with Crippen LogP contribution in [0, 0.1) is 0 Å². The molecule has 5 heteroatoms. The average Bonchev–Trinajstić information content (AvgIpc) is 2.97. The molecule has 2 aromatic rings. The van der Waals surface area contributed by atoms with E-state index in [0.29, 0.717) is 17.8 Å². The number of carbonyl (C=O) groups excluding carboxylic acids is 2. The summed E-state index contributed by atoms with van der Waals surface area (Å²) in [5, 5.41) is 3.64. The first-order chi connectivity index (χ1) is 8.26. The van der Waals surface area contributed by atoms with E-state index in [1.807, 2.05) is 11.6 Å². The second kappa shape index (κ2) is 4.97. The first-order valence-corrected chi connectivity index (χ1v) is 5.94. The van der Waals surface area contributed by atoms with Crippen molar-refractivity contribution >= 4 is 23.6 Å². The lowest BCUT2D eigenvalue weighted by molar-refractivity contribution is 0.0600. The standard InChI is InChI=1S/C12H11NO3S/c1-16-12(15)11-8-17-7-9(11)5-13-4-2-3-10(13)6-14/h2-4,6-8H,5H2,1H3. The van der Waals surface area contributed by atoms with Gasteiger partial charge in [-0.1, -0.05) is 0 Å². The quantitative estimate of drug-likeness (QED) is 0.616. The van der Waals surface area contributed by atoms with Gasteiger partial charge in [-0.15, -0.1) is 0 Å². The zero-order chi connectivity index (χ0) is 12.3. The summed E-state index contributed by atoms with van der Waals surface area (Å²) in [6.07, 6.45) is 2.60. The zero-order valence-corrected chi connectivity index (χ0v) is 10.1. The van der Waals surface area contributed by atoms with Crippen molar-refractivity contribution in [1.82, 2.24) is 4.57 Å². The van der Waals surface area contributed by atoms with Crippen molar-refractivity contribution in [1.29, 1.82) is 0 Å². The van der Waals surface area contributed by atoms with Crippen molar-refractivity contribution in [3.8, 4) is 0 Å². The highest BCUT2D eigenvalue weighted by Gasteiger charge is 2.13. The van der Waals surface area contributed by atoms with E-state index < -0.39 is 0 Å². The zero-order valence-electron chi connectivity index (χ0n) is 9.25. The second-order valence-corrected chi connectivity index (χ2v) is 4.22. The smallest absolute Gasteiger partial charge is 0.339 e. The minimum atomic E-state index is -0.346. The molecule has 0 aliphatic rings. The third-order valence-corrected chi connectivity index (χ3v) is 3.27. The van der Waals surface area contributed by atoms with Gasteiger partial charge >= 0.3 is 5.97 Å². The summed E-state index contributed by atoms with van der Waals surface area (Å²) in [6.45, 7) is 0.495. The Morgan fingerprint density at radius 1 is 1.53 bits per heavy atom.